The number of nitrogens with zero attached hydrogens (tertiary/aromatic N) is 2. The zero-order valence-electron chi connectivity index (χ0n) is 15.1. The number of carbonyl (C=O) groups excluding carboxylic acids is 1. The summed E-state index contributed by atoms with van der Waals surface area (Å²) in [6.45, 7) is 3.78. The third-order valence-electron chi connectivity index (χ3n) is 4.80. The standard InChI is InChI=1S/C20H23FN2O3/c1-14-7-9-23(10-8-14)20(25)17-11-18(24)19(12-22(17)2)26-13-15-3-5-16(21)6-4-15/h3-6,11-12,14H,7-10,13H2,1-2H3. The van der Waals surface area contributed by atoms with Crippen molar-refractivity contribution in [2.45, 2.75) is 26.4 Å². The Hall–Kier alpha value is -2.63. The van der Waals surface area contributed by atoms with Crippen molar-refractivity contribution < 1.29 is 13.9 Å². The van der Waals surface area contributed by atoms with Crippen LogP contribution >= 0.6 is 0 Å². The molecule has 0 radical (unpaired) electrons. The van der Waals surface area contributed by atoms with E-state index in [-0.39, 0.29) is 29.5 Å². The summed E-state index contributed by atoms with van der Waals surface area (Å²) >= 11 is 0. The Balaban J connectivity index is 1.72. The summed E-state index contributed by atoms with van der Waals surface area (Å²) in [5.74, 6) is 0.354. The van der Waals surface area contributed by atoms with Gasteiger partial charge in [0, 0.05) is 26.2 Å². The Bertz CT molecular complexity index is 837. The highest BCUT2D eigenvalue weighted by Crippen LogP contribution is 2.18. The molecule has 1 aliphatic rings. The van der Waals surface area contributed by atoms with Gasteiger partial charge in [-0.25, -0.2) is 4.39 Å². The van der Waals surface area contributed by atoms with Gasteiger partial charge in [0.1, 0.15) is 18.1 Å². The fraction of sp³-hybridized carbons (Fsp3) is 0.400. The Morgan fingerprint density at radius 2 is 1.88 bits per heavy atom. The smallest absolute Gasteiger partial charge is 0.270 e. The molecule has 1 aromatic heterocycles. The molecule has 6 heteroatoms. The monoisotopic (exact) mass is 358 g/mol. The predicted molar refractivity (Wildman–Crippen MR) is 96.7 cm³/mol. The molecule has 1 aromatic carbocycles. The number of carbonyl (C=O) groups is 1. The summed E-state index contributed by atoms with van der Waals surface area (Å²) in [6, 6.07) is 7.24. The number of halogens is 1. The molecule has 0 N–H and O–H groups in total. The molecule has 3 rings (SSSR count). The van der Waals surface area contributed by atoms with E-state index in [0.717, 1.165) is 31.5 Å². The van der Waals surface area contributed by atoms with E-state index >= 15 is 0 Å². The Kier molecular flexibility index (Phi) is 5.40. The van der Waals surface area contributed by atoms with E-state index in [9.17, 15) is 14.0 Å². The maximum absolute atomic E-state index is 12.9. The Labute approximate surface area is 152 Å². The first-order valence-electron chi connectivity index (χ1n) is 8.81. The normalized spacial score (nSPS) is 15.1. The molecule has 2 heterocycles. The van der Waals surface area contributed by atoms with Gasteiger partial charge in [-0.15, -0.1) is 0 Å². The highest BCUT2D eigenvalue weighted by Gasteiger charge is 2.23. The van der Waals surface area contributed by atoms with Crippen LogP contribution < -0.4 is 10.2 Å². The lowest BCUT2D eigenvalue weighted by molar-refractivity contribution is 0.0686. The van der Waals surface area contributed by atoms with Gasteiger partial charge in [-0.05, 0) is 36.5 Å². The van der Waals surface area contributed by atoms with Crippen LogP contribution in [0.2, 0.25) is 0 Å². The number of aryl methyl sites for hydroxylation is 1. The summed E-state index contributed by atoms with van der Waals surface area (Å²) in [5.41, 5.74) is 0.786. The lowest BCUT2D eigenvalue weighted by Gasteiger charge is -2.30. The molecular weight excluding hydrogens is 335 g/mol. The van der Waals surface area contributed by atoms with Crippen molar-refractivity contribution in [2.24, 2.45) is 13.0 Å². The fourth-order valence-corrected chi connectivity index (χ4v) is 3.04. The number of hydrogen-bond acceptors (Lipinski definition) is 3. The van der Waals surface area contributed by atoms with Crippen LogP contribution in [0.25, 0.3) is 0 Å². The molecule has 0 saturated carbocycles. The molecule has 5 nitrogen and oxygen atoms in total. The van der Waals surface area contributed by atoms with E-state index in [0.29, 0.717) is 11.6 Å². The van der Waals surface area contributed by atoms with Crippen molar-refractivity contribution >= 4 is 5.91 Å². The van der Waals surface area contributed by atoms with Crippen LogP contribution in [0.15, 0.2) is 41.3 Å². The molecular formula is C20H23FN2O3. The van der Waals surface area contributed by atoms with Crippen LogP contribution in [-0.2, 0) is 13.7 Å². The van der Waals surface area contributed by atoms with Gasteiger partial charge < -0.3 is 14.2 Å². The van der Waals surface area contributed by atoms with Crippen molar-refractivity contribution in [3.05, 3.63) is 63.8 Å². The summed E-state index contributed by atoms with van der Waals surface area (Å²) in [6.07, 6.45) is 3.50. The highest BCUT2D eigenvalue weighted by molar-refractivity contribution is 5.92. The SMILES string of the molecule is CC1CCN(C(=O)c2cc(=O)c(OCc3ccc(F)cc3)cn2C)CC1. The second-order valence-corrected chi connectivity index (χ2v) is 6.89. The van der Waals surface area contributed by atoms with E-state index in [1.54, 1.807) is 28.6 Å². The molecule has 2 aromatic rings. The van der Waals surface area contributed by atoms with E-state index in [1.807, 2.05) is 0 Å². The topological polar surface area (TPSA) is 51.5 Å². The average molecular weight is 358 g/mol. The van der Waals surface area contributed by atoms with Gasteiger partial charge in [-0.1, -0.05) is 19.1 Å². The van der Waals surface area contributed by atoms with E-state index in [4.69, 9.17) is 4.74 Å². The average Bonchev–Trinajstić information content (AvgIpc) is 2.63. The van der Waals surface area contributed by atoms with E-state index < -0.39 is 0 Å². The van der Waals surface area contributed by atoms with Crippen LogP contribution in [0.4, 0.5) is 4.39 Å². The van der Waals surface area contributed by atoms with Gasteiger partial charge in [0.05, 0.1) is 6.20 Å². The van der Waals surface area contributed by atoms with Crippen LogP contribution in [0.5, 0.6) is 5.75 Å². The van der Waals surface area contributed by atoms with Crippen molar-refractivity contribution in [1.29, 1.82) is 0 Å². The first-order chi connectivity index (χ1) is 12.4. The molecule has 138 valence electrons. The Morgan fingerprint density at radius 3 is 2.54 bits per heavy atom. The number of aromatic nitrogens is 1. The fourth-order valence-electron chi connectivity index (χ4n) is 3.04. The van der Waals surface area contributed by atoms with Gasteiger partial charge in [0.15, 0.2) is 5.75 Å². The predicted octanol–water partition coefficient (Wildman–Crippen LogP) is 2.98. The summed E-state index contributed by atoms with van der Waals surface area (Å²) < 4.78 is 20.1. The zero-order valence-corrected chi connectivity index (χ0v) is 15.1. The lowest BCUT2D eigenvalue weighted by atomic mass is 9.99. The number of pyridine rings is 1. The molecule has 0 atom stereocenters. The van der Waals surface area contributed by atoms with Gasteiger partial charge in [-0.3, -0.25) is 9.59 Å². The maximum Gasteiger partial charge on any atom is 0.270 e. The van der Waals surface area contributed by atoms with Gasteiger partial charge in [-0.2, -0.15) is 0 Å². The highest BCUT2D eigenvalue weighted by atomic mass is 19.1. The minimum absolute atomic E-state index is 0.124. The van der Waals surface area contributed by atoms with Crippen LogP contribution in [0, 0.1) is 11.7 Å². The van der Waals surface area contributed by atoms with Crippen molar-refractivity contribution in [3.63, 3.8) is 0 Å². The molecule has 1 amide bonds. The van der Waals surface area contributed by atoms with Gasteiger partial charge >= 0.3 is 0 Å². The number of piperidine rings is 1. The number of rotatable bonds is 4. The summed E-state index contributed by atoms with van der Waals surface area (Å²) in [5, 5.41) is 0. The van der Waals surface area contributed by atoms with Crippen molar-refractivity contribution in [1.82, 2.24) is 9.47 Å². The molecule has 0 aliphatic carbocycles. The molecule has 26 heavy (non-hydrogen) atoms. The first-order valence-corrected chi connectivity index (χ1v) is 8.81. The lowest BCUT2D eigenvalue weighted by Crippen LogP contribution is -2.39. The van der Waals surface area contributed by atoms with Crippen LogP contribution in [0.3, 0.4) is 0 Å². The largest absolute Gasteiger partial charge is 0.483 e. The van der Waals surface area contributed by atoms with E-state index in [2.05, 4.69) is 6.92 Å². The molecule has 1 aliphatic heterocycles. The minimum Gasteiger partial charge on any atom is -0.483 e. The minimum atomic E-state index is -0.334. The number of amides is 1. The third kappa shape index (κ3) is 4.12. The molecule has 0 unspecified atom stereocenters. The zero-order chi connectivity index (χ0) is 18.7. The number of benzene rings is 1. The third-order valence-corrected chi connectivity index (χ3v) is 4.80. The van der Waals surface area contributed by atoms with Crippen LogP contribution in [0.1, 0.15) is 35.8 Å². The second-order valence-electron chi connectivity index (χ2n) is 6.89. The molecule has 0 spiro atoms. The summed E-state index contributed by atoms with van der Waals surface area (Å²) in [4.78, 5) is 26.8. The van der Waals surface area contributed by atoms with E-state index in [1.165, 1.54) is 24.4 Å². The van der Waals surface area contributed by atoms with Gasteiger partial charge in [0.2, 0.25) is 5.43 Å². The Morgan fingerprint density at radius 1 is 1.23 bits per heavy atom. The van der Waals surface area contributed by atoms with Crippen LogP contribution in [-0.4, -0.2) is 28.5 Å². The number of ether oxygens (including phenoxy) is 1. The summed E-state index contributed by atoms with van der Waals surface area (Å²) in [7, 11) is 1.73. The van der Waals surface area contributed by atoms with Gasteiger partial charge in [0.25, 0.3) is 5.91 Å². The molecule has 1 saturated heterocycles. The molecule has 0 bridgehead atoms. The first kappa shape index (κ1) is 18.2. The quantitative estimate of drug-likeness (QED) is 0.844. The maximum atomic E-state index is 12.9. The number of likely N-dealkylation sites (tertiary alicyclic amines) is 1. The number of hydrogen-bond donors (Lipinski definition) is 0. The molecule has 1 fully saturated rings. The van der Waals surface area contributed by atoms with Crippen molar-refractivity contribution in [3.8, 4) is 5.75 Å². The van der Waals surface area contributed by atoms with Crippen molar-refractivity contribution in [2.75, 3.05) is 13.1 Å². The second kappa shape index (κ2) is 7.72.